The first-order valence-electron chi connectivity index (χ1n) is 6.55. The summed E-state index contributed by atoms with van der Waals surface area (Å²) in [5, 5.41) is 3.63. The van der Waals surface area contributed by atoms with Crippen LogP contribution < -0.4 is 5.32 Å². The van der Waals surface area contributed by atoms with E-state index in [9.17, 15) is 4.39 Å². The zero-order chi connectivity index (χ0) is 13.2. The maximum absolute atomic E-state index is 13.2. The maximum atomic E-state index is 13.2. The lowest BCUT2D eigenvalue weighted by Gasteiger charge is -2.36. The smallest absolute Gasteiger partial charge is 0.123 e. The van der Waals surface area contributed by atoms with E-state index in [0.717, 1.165) is 11.3 Å². The van der Waals surface area contributed by atoms with Gasteiger partial charge < -0.3 is 5.32 Å². The van der Waals surface area contributed by atoms with Crippen LogP contribution in [0.3, 0.4) is 0 Å². The summed E-state index contributed by atoms with van der Waals surface area (Å²) >= 11 is 2.01. The molecule has 1 N–H and O–H groups in total. The number of hydrogen-bond acceptors (Lipinski definition) is 2. The van der Waals surface area contributed by atoms with Crippen LogP contribution in [0.1, 0.15) is 38.8 Å². The van der Waals surface area contributed by atoms with Gasteiger partial charge in [-0.25, -0.2) is 4.39 Å². The van der Waals surface area contributed by atoms with E-state index in [1.165, 1.54) is 18.2 Å². The lowest BCUT2D eigenvalue weighted by molar-refractivity contribution is 0.305. The molecule has 1 heterocycles. The van der Waals surface area contributed by atoms with E-state index in [2.05, 4.69) is 26.1 Å². The van der Waals surface area contributed by atoms with Gasteiger partial charge in [0.15, 0.2) is 0 Å². The van der Waals surface area contributed by atoms with Crippen LogP contribution >= 0.6 is 11.8 Å². The van der Waals surface area contributed by atoms with E-state index in [1.807, 2.05) is 17.8 Å². The summed E-state index contributed by atoms with van der Waals surface area (Å²) < 4.78 is 13.2. The Hall–Kier alpha value is -0.540. The van der Waals surface area contributed by atoms with E-state index >= 15 is 0 Å². The molecule has 1 unspecified atom stereocenters. The van der Waals surface area contributed by atoms with Crippen LogP contribution in [-0.2, 0) is 0 Å². The van der Waals surface area contributed by atoms with Gasteiger partial charge in [-0.3, -0.25) is 0 Å². The number of nitrogens with one attached hydrogen (secondary N) is 1. The molecule has 1 aromatic rings. The van der Waals surface area contributed by atoms with Gasteiger partial charge in [0.05, 0.1) is 0 Å². The third kappa shape index (κ3) is 3.72. The molecule has 100 valence electrons. The van der Waals surface area contributed by atoms with Crippen LogP contribution in [0.15, 0.2) is 24.3 Å². The first-order chi connectivity index (χ1) is 8.46. The fraction of sp³-hybridized carbons (Fsp3) is 0.600. The SMILES string of the molecule is C[C@H](NC1CSCC(C)(C)C1)c1cccc(F)c1. The van der Waals surface area contributed by atoms with Crippen LogP contribution in [-0.4, -0.2) is 17.5 Å². The molecule has 0 saturated carbocycles. The monoisotopic (exact) mass is 267 g/mol. The first-order valence-corrected chi connectivity index (χ1v) is 7.71. The Morgan fingerprint density at radius 1 is 1.44 bits per heavy atom. The quantitative estimate of drug-likeness (QED) is 0.888. The lowest BCUT2D eigenvalue weighted by Crippen LogP contribution is -2.41. The van der Waals surface area contributed by atoms with Gasteiger partial charge in [0.25, 0.3) is 0 Å². The molecule has 1 aliphatic rings. The second kappa shape index (κ2) is 5.62. The van der Waals surface area contributed by atoms with Crippen molar-refractivity contribution in [2.24, 2.45) is 5.41 Å². The Labute approximate surface area is 114 Å². The first kappa shape index (κ1) is 13.9. The van der Waals surface area contributed by atoms with E-state index in [4.69, 9.17) is 0 Å². The minimum atomic E-state index is -0.153. The van der Waals surface area contributed by atoms with Gasteiger partial charge in [0.1, 0.15) is 5.82 Å². The minimum Gasteiger partial charge on any atom is -0.307 e. The molecular formula is C15H22FNS. The van der Waals surface area contributed by atoms with E-state index in [0.29, 0.717) is 11.5 Å². The summed E-state index contributed by atoms with van der Waals surface area (Å²) in [7, 11) is 0. The average molecular weight is 267 g/mol. The summed E-state index contributed by atoms with van der Waals surface area (Å²) in [6.07, 6.45) is 1.19. The molecule has 0 radical (unpaired) electrons. The highest BCUT2D eigenvalue weighted by atomic mass is 32.2. The van der Waals surface area contributed by atoms with E-state index in [1.54, 1.807) is 12.1 Å². The Bertz CT molecular complexity index is 405. The van der Waals surface area contributed by atoms with Crippen molar-refractivity contribution in [3.05, 3.63) is 35.6 Å². The van der Waals surface area contributed by atoms with Crippen molar-refractivity contribution >= 4 is 11.8 Å². The van der Waals surface area contributed by atoms with Crippen molar-refractivity contribution in [3.63, 3.8) is 0 Å². The van der Waals surface area contributed by atoms with Crippen LogP contribution in [0, 0.1) is 11.2 Å². The molecular weight excluding hydrogens is 245 g/mol. The molecule has 3 heteroatoms. The fourth-order valence-corrected chi connectivity index (χ4v) is 3.88. The normalized spacial score (nSPS) is 24.8. The molecule has 1 nitrogen and oxygen atoms in total. The Morgan fingerprint density at radius 2 is 2.22 bits per heavy atom. The molecule has 2 atom stereocenters. The zero-order valence-corrected chi connectivity index (χ0v) is 12.2. The summed E-state index contributed by atoms with van der Waals surface area (Å²) in [4.78, 5) is 0. The van der Waals surface area contributed by atoms with E-state index in [-0.39, 0.29) is 11.9 Å². The molecule has 2 rings (SSSR count). The van der Waals surface area contributed by atoms with Crippen LogP contribution in [0.2, 0.25) is 0 Å². The Kier molecular flexibility index (Phi) is 4.33. The highest BCUT2D eigenvalue weighted by Crippen LogP contribution is 2.34. The zero-order valence-electron chi connectivity index (χ0n) is 11.4. The molecule has 1 saturated heterocycles. The van der Waals surface area contributed by atoms with Gasteiger partial charge >= 0.3 is 0 Å². The highest BCUT2D eigenvalue weighted by Gasteiger charge is 2.29. The topological polar surface area (TPSA) is 12.0 Å². The molecule has 18 heavy (non-hydrogen) atoms. The van der Waals surface area contributed by atoms with Gasteiger partial charge in [-0.05, 0) is 42.2 Å². The van der Waals surface area contributed by atoms with Crippen molar-refractivity contribution in [2.75, 3.05) is 11.5 Å². The van der Waals surface area contributed by atoms with Gasteiger partial charge in [0, 0.05) is 17.8 Å². The van der Waals surface area contributed by atoms with Gasteiger partial charge in [-0.15, -0.1) is 0 Å². The molecule has 1 aliphatic heterocycles. The van der Waals surface area contributed by atoms with Crippen molar-refractivity contribution < 1.29 is 4.39 Å². The van der Waals surface area contributed by atoms with Crippen LogP contribution in [0.25, 0.3) is 0 Å². The summed E-state index contributed by atoms with van der Waals surface area (Å²) in [5.74, 6) is 2.24. The predicted molar refractivity (Wildman–Crippen MR) is 77.5 cm³/mol. The molecule has 0 aromatic heterocycles. The van der Waals surface area contributed by atoms with Crippen LogP contribution in [0.5, 0.6) is 0 Å². The average Bonchev–Trinajstić information content (AvgIpc) is 2.27. The fourth-order valence-electron chi connectivity index (χ4n) is 2.60. The van der Waals surface area contributed by atoms with Crippen molar-refractivity contribution in [1.82, 2.24) is 5.32 Å². The van der Waals surface area contributed by atoms with Gasteiger partial charge in [0.2, 0.25) is 0 Å². The summed E-state index contributed by atoms with van der Waals surface area (Å²) in [5.41, 5.74) is 1.44. The molecule has 0 amide bonds. The maximum Gasteiger partial charge on any atom is 0.123 e. The molecule has 0 bridgehead atoms. The highest BCUT2D eigenvalue weighted by molar-refractivity contribution is 7.99. The van der Waals surface area contributed by atoms with Gasteiger partial charge in [-0.2, -0.15) is 11.8 Å². The van der Waals surface area contributed by atoms with Crippen molar-refractivity contribution in [3.8, 4) is 0 Å². The standard InChI is InChI=1S/C15H22FNS/c1-11(12-5-4-6-13(16)7-12)17-14-8-15(2,3)10-18-9-14/h4-7,11,14,17H,8-10H2,1-3H3/t11-,14?/m0/s1. The Balaban J connectivity index is 1.97. The summed E-state index contributed by atoms with van der Waals surface area (Å²) in [6, 6.07) is 7.62. The van der Waals surface area contributed by atoms with Gasteiger partial charge in [-0.1, -0.05) is 26.0 Å². The summed E-state index contributed by atoms with van der Waals surface area (Å²) in [6.45, 7) is 6.75. The molecule has 0 aliphatic carbocycles. The third-order valence-corrected chi connectivity index (χ3v) is 5.07. The number of thioether (sulfide) groups is 1. The second-order valence-electron chi connectivity index (χ2n) is 6.02. The second-order valence-corrected chi connectivity index (χ2v) is 7.05. The molecule has 1 fully saturated rings. The Morgan fingerprint density at radius 3 is 2.89 bits per heavy atom. The van der Waals surface area contributed by atoms with Crippen molar-refractivity contribution in [2.45, 2.75) is 39.3 Å². The van der Waals surface area contributed by atoms with E-state index < -0.39 is 0 Å². The van der Waals surface area contributed by atoms with Crippen molar-refractivity contribution in [1.29, 1.82) is 0 Å². The number of benzene rings is 1. The van der Waals surface area contributed by atoms with Crippen LogP contribution in [0.4, 0.5) is 4.39 Å². The number of hydrogen-bond donors (Lipinski definition) is 1. The number of rotatable bonds is 3. The minimum absolute atomic E-state index is 0.153. The molecule has 1 aromatic carbocycles. The molecule has 0 spiro atoms. The number of halogens is 1. The largest absolute Gasteiger partial charge is 0.307 e. The third-order valence-electron chi connectivity index (χ3n) is 3.45. The predicted octanol–water partition coefficient (Wildman–Crippen LogP) is 4.01. The lowest BCUT2D eigenvalue weighted by atomic mass is 9.87.